The first-order chi connectivity index (χ1) is 16.1. The third-order valence-corrected chi connectivity index (χ3v) is 6.24. The molecule has 0 spiro atoms. The summed E-state index contributed by atoms with van der Waals surface area (Å²) < 4.78 is 2.04. The van der Waals surface area contributed by atoms with Crippen molar-refractivity contribution in [2.45, 2.75) is 65.0 Å². The van der Waals surface area contributed by atoms with Gasteiger partial charge in [0.2, 0.25) is 5.91 Å². The Morgan fingerprint density at radius 1 is 1.12 bits per heavy atom. The topological polar surface area (TPSA) is 75.9 Å². The van der Waals surface area contributed by atoms with Crippen LogP contribution in [0.3, 0.4) is 0 Å². The molecule has 0 radical (unpaired) electrons. The molecule has 2 aromatic heterocycles. The molecular weight excluding hydrogens is 412 g/mol. The van der Waals surface area contributed by atoms with Crippen LogP contribution in [0.5, 0.6) is 0 Å². The zero-order chi connectivity index (χ0) is 23.0. The molecule has 1 saturated heterocycles. The van der Waals surface area contributed by atoms with Crippen LogP contribution in [0.1, 0.15) is 48.3 Å². The number of piperidine rings is 1. The van der Waals surface area contributed by atoms with Gasteiger partial charge in [0, 0.05) is 62.7 Å². The summed E-state index contributed by atoms with van der Waals surface area (Å²) in [5.41, 5.74) is 3.47. The van der Waals surface area contributed by atoms with E-state index in [0.29, 0.717) is 13.0 Å². The number of nitrogens with zero attached hydrogens (tertiary/aromatic N) is 5. The lowest BCUT2D eigenvalue weighted by Gasteiger charge is -2.36. The van der Waals surface area contributed by atoms with E-state index in [-0.39, 0.29) is 11.9 Å². The van der Waals surface area contributed by atoms with Gasteiger partial charge in [0.25, 0.3) is 0 Å². The van der Waals surface area contributed by atoms with Crippen molar-refractivity contribution in [2.24, 2.45) is 0 Å². The largest absolute Gasteiger partial charge is 0.356 e. The molecule has 1 aromatic carbocycles. The van der Waals surface area contributed by atoms with Crippen molar-refractivity contribution in [3.8, 4) is 0 Å². The van der Waals surface area contributed by atoms with Crippen molar-refractivity contribution < 1.29 is 4.79 Å². The SMILES string of the molecule is Cc1ccc(CCNC(=O)CC2CCCCN2c2cc(C)nc(CCn3ccnc3)n2)cc1. The molecule has 0 saturated carbocycles. The van der Waals surface area contributed by atoms with Crippen molar-refractivity contribution in [3.05, 3.63) is 71.7 Å². The molecular formula is C26H34N6O. The number of anilines is 1. The molecule has 1 amide bonds. The molecule has 1 N–H and O–H groups in total. The van der Waals surface area contributed by atoms with Gasteiger partial charge in [-0.2, -0.15) is 0 Å². The fourth-order valence-corrected chi connectivity index (χ4v) is 4.42. The van der Waals surface area contributed by atoms with E-state index in [0.717, 1.165) is 62.5 Å². The Bertz CT molecular complexity index is 1030. The van der Waals surface area contributed by atoms with E-state index < -0.39 is 0 Å². The molecule has 3 heterocycles. The maximum Gasteiger partial charge on any atom is 0.222 e. The number of imidazole rings is 1. The Hall–Kier alpha value is -3.22. The minimum absolute atomic E-state index is 0.116. The summed E-state index contributed by atoms with van der Waals surface area (Å²) in [6, 6.07) is 10.7. The van der Waals surface area contributed by atoms with E-state index in [1.54, 1.807) is 6.20 Å². The zero-order valence-corrected chi connectivity index (χ0v) is 19.7. The molecule has 7 heteroatoms. The minimum atomic E-state index is 0.116. The fraction of sp³-hybridized carbons (Fsp3) is 0.462. The van der Waals surface area contributed by atoms with Crippen LogP contribution in [0, 0.1) is 13.8 Å². The summed E-state index contributed by atoms with van der Waals surface area (Å²) in [6.45, 7) is 6.50. The van der Waals surface area contributed by atoms with Crippen molar-refractivity contribution in [1.29, 1.82) is 0 Å². The van der Waals surface area contributed by atoms with Crippen LogP contribution in [-0.2, 0) is 24.2 Å². The number of rotatable bonds is 9. The average Bonchev–Trinajstić information content (AvgIpc) is 3.33. The van der Waals surface area contributed by atoms with Gasteiger partial charge < -0.3 is 14.8 Å². The number of aryl methyl sites for hydroxylation is 4. The number of carbonyl (C=O) groups excluding carboxylic acids is 1. The molecule has 1 aliphatic heterocycles. The van der Waals surface area contributed by atoms with E-state index in [1.165, 1.54) is 11.1 Å². The van der Waals surface area contributed by atoms with Gasteiger partial charge in [-0.25, -0.2) is 15.0 Å². The minimum Gasteiger partial charge on any atom is -0.356 e. The van der Waals surface area contributed by atoms with Gasteiger partial charge in [0.1, 0.15) is 11.6 Å². The number of hydrogen-bond donors (Lipinski definition) is 1. The van der Waals surface area contributed by atoms with Crippen LogP contribution < -0.4 is 10.2 Å². The number of carbonyl (C=O) groups is 1. The molecule has 4 rings (SSSR count). The third kappa shape index (κ3) is 6.63. The lowest BCUT2D eigenvalue weighted by atomic mass is 9.98. The summed E-state index contributed by atoms with van der Waals surface area (Å²) in [5, 5.41) is 3.12. The van der Waals surface area contributed by atoms with Gasteiger partial charge in [-0.15, -0.1) is 0 Å². The van der Waals surface area contributed by atoms with Crippen LogP contribution in [-0.4, -0.2) is 44.6 Å². The third-order valence-electron chi connectivity index (χ3n) is 6.24. The first-order valence-electron chi connectivity index (χ1n) is 12.0. The van der Waals surface area contributed by atoms with Gasteiger partial charge >= 0.3 is 0 Å². The van der Waals surface area contributed by atoms with E-state index in [9.17, 15) is 4.79 Å². The van der Waals surface area contributed by atoms with Gasteiger partial charge in [-0.3, -0.25) is 4.79 Å². The number of aromatic nitrogens is 4. The quantitative estimate of drug-likeness (QED) is 0.543. The smallest absolute Gasteiger partial charge is 0.222 e. The van der Waals surface area contributed by atoms with Gasteiger partial charge in [0.15, 0.2) is 0 Å². The molecule has 7 nitrogen and oxygen atoms in total. The summed E-state index contributed by atoms with van der Waals surface area (Å²) in [7, 11) is 0. The maximum absolute atomic E-state index is 12.7. The van der Waals surface area contributed by atoms with Crippen LogP contribution in [0.4, 0.5) is 5.82 Å². The monoisotopic (exact) mass is 446 g/mol. The highest BCUT2D eigenvalue weighted by atomic mass is 16.1. The fourth-order valence-electron chi connectivity index (χ4n) is 4.42. The van der Waals surface area contributed by atoms with E-state index in [1.807, 2.05) is 30.1 Å². The second-order valence-electron chi connectivity index (χ2n) is 8.97. The Kier molecular flexibility index (Phi) is 7.70. The molecule has 1 atom stereocenters. The molecule has 3 aromatic rings. The lowest BCUT2D eigenvalue weighted by molar-refractivity contribution is -0.121. The van der Waals surface area contributed by atoms with Gasteiger partial charge in [-0.05, 0) is 45.1 Å². The first-order valence-corrected chi connectivity index (χ1v) is 12.0. The first kappa shape index (κ1) is 23.0. The highest BCUT2D eigenvalue weighted by Crippen LogP contribution is 2.26. The maximum atomic E-state index is 12.7. The molecule has 33 heavy (non-hydrogen) atoms. The molecule has 174 valence electrons. The molecule has 1 fully saturated rings. The van der Waals surface area contributed by atoms with Crippen LogP contribution in [0.2, 0.25) is 0 Å². The second kappa shape index (κ2) is 11.1. The molecule has 0 bridgehead atoms. The van der Waals surface area contributed by atoms with Gasteiger partial charge in [-0.1, -0.05) is 29.8 Å². The van der Waals surface area contributed by atoms with Crippen LogP contribution in [0.15, 0.2) is 49.1 Å². The predicted molar refractivity (Wildman–Crippen MR) is 130 cm³/mol. The van der Waals surface area contributed by atoms with E-state index in [2.05, 4.69) is 51.4 Å². The summed E-state index contributed by atoms with van der Waals surface area (Å²) in [4.78, 5) is 28.6. The Labute approximate surface area is 196 Å². The Balaban J connectivity index is 1.35. The molecule has 1 unspecified atom stereocenters. The summed E-state index contributed by atoms with van der Waals surface area (Å²) in [6.07, 6.45) is 10.9. The van der Waals surface area contributed by atoms with Gasteiger partial charge in [0.05, 0.1) is 6.33 Å². The number of benzene rings is 1. The Morgan fingerprint density at radius 3 is 2.76 bits per heavy atom. The van der Waals surface area contributed by atoms with Crippen LogP contribution in [0.25, 0.3) is 0 Å². The van der Waals surface area contributed by atoms with E-state index >= 15 is 0 Å². The second-order valence-corrected chi connectivity index (χ2v) is 8.97. The van der Waals surface area contributed by atoms with Crippen molar-refractivity contribution in [1.82, 2.24) is 24.8 Å². The van der Waals surface area contributed by atoms with Crippen LogP contribution >= 0.6 is 0 Å². The highest BCUT2D eigenvalue weighted by molar-refractivity contribution is 5.77. The summed E-state index contributed by atoms with van der Waals surface area (Å²) in [5.74, 6) is 1.90. The zero-order valence-electron chi connectivity index (χ0n) is 19.7. The van der Waals surface area contributed by atoms with E-state index in [4.69, 9.17) is 4.98 Å². The predicted octanol–water partition coefficient (Wildman–Crippen LogP) is 3.64. The standard InChI is InChI=1S/C26H34N6O/c1-20-6-8-22(9-7-20)10-12-28-26(33)18-23-5-3-4-14-32(23)25-17-21(2)29-24(30-25)11-15-31-16-13-27-19-31/h6-9,13,16-17,19,23H,3-5,10-12,14-15,18H2,1-2H3,(H,28,33). The van der Waals surface area contributed by atoms with Crippen molar-refractivity contribution >= 4 is 11.7 Å². The Morgan fingerprint density at radius 2 is 1.97 bits per heavy atom. The summed E-state index contributed by atoms with van der Waals surface area (Å²) >= 11 is 0. The normalized spacial score (nSPS) is 16.1. The number of hydrogen-bond acceptors (Lipinski definition) is 5. The molecule has 1 aliphatic rings. The highest BCUT2D eigenvalue weighted by Gasteiger charge is 2.26. The molecule has 0 aliphatic carbocycles. The average molecular weight is 447 g/mol. The van der Waals surface area contributed by atoms with Crippen molar-refractivity contribution in [3.63, 3.8) is 0 Å². The van der Waals surface area contributed by atoms with Crippen molar-refractivity contribution in [2.75, 3.05) is 18.0 Å². The number of nitrogens with one attached hydrogen (secondary N) is 1. The number of amides is 1. The lowest BCUT2D eigenvalue weighted by Crippen LogP contribution is -2.43.